The first-order valence-corrected chi connectivity index (χ1v) is 8.77. The number of aryl methyl sites for hydroxylation is 2. The van der Waals surface area contributed by atoms with Crippen LogP contribution in [0.1, 0.15) is 33.3 Å². The molecule has 0 aliphatic rings. The molecule has 0 spiro atoms. The molecule has 6 heteroatoms. The summed E-state index contributed by atoms with van der Waals surface area (Å²) >= 11 is 6.12. The fourth-order valence-corrected chi connectivity index (χ4v) is 3.28. The van der Waals surface area contributed by atoms with E-state index >= 15 is 0 Å². The summed E-state index contributed by atoms with van der Waals surface area (Å²) in [5.41, 5.74) is 1.57. The number of fused-ring (bicyclic) bond motifs is 1. The van der Waals surface area contributed by atoms with Crippen molar-refractivity contribution < 1.29 is 9.59 Å². The fraction of sp³-hybridized carbons (Fsp3) is 0.250. The third-order valence-electron chi connectivity index (χ3n) is 4.45. The van der Waals surface area contributed by atoms with Gasteiger partial charge in [-0.25, -0.2) is 0 Å². The van der Waals surface area contributed by atoms with Gasteiger partial charge in [-0.1, -0.05) is 61.0 Å². The first-order chi connectivity index (χ1) is 12.4. The average molecular weight is 370 g/mol. The Labute approximate surface area is 157 Å². The second-order valence-corrected chi connectivity index (χ2v) is 6.73. The van der Waals surface area contributed by atoms with Crippen molar-refractivity contribution in [2.75, 3.05) is 6.54 Å². The average Bonchev–Trinajstić information content (AvgIpc) is 2.90. The third kappa shape index (κ3) is 3.35. The monoisotopic (exact) mass is 369 g/mol. The SMILES string of the molecule is Cc1nn(C)c(Cl)c1C(=O)NCC(C)C(=O)c1cccc2ccccc12. The molecular formula is C20H20ClN3O2. The molecule has 0 aliphatic carbocycles. The van der Waals surface area contributed by atoms with Crippen LogP contribution in [0.3, 0.4) is 0 Å². The highest BCUT2D eigenvalue weighted by atomic mass is 35.5. The molecule has 1 atom stereocenters. The molecular weight excluding hydrogens is 350 g/mol. The molecule has 0 radical (unpaired) electrons. The van der Waals surface area contributed by atoms with Gasteiger partial charge in [0.25, 0.3) is 5.91 Å². The number of nitrogens with one attached hydrogen (secondary N) is 1. The Hall–Kier alpha value is -2.66. The lowest BCUT2D eigenvalue weighted by Crippen LogP contribution is -2.32. The van der Waals surface area contributed by atoms with Crippen LogP contribution >= 0.6 is 11.6 Å². The van der Waals surface area contributed by atoms with Crippen molar-refractivity contribution in [1.82, 2.24) is 15.1 Å². The number of benzene rings is 2. The van der Waals surface area contributed by atoms with Crippen LogP contribution in [0, 0.1) is 12.8 Å². The maximum atomic E-state index is 12.9. The van der Waals surface area contributed by atoms with E-state index in [1.165, 1.54) is 4.68 Å². The highest BCUT2D eigenvalue weighted by molar-refractivity contribution is 6.33. The van der Waals surface area contributed by atoms with Crippen molar-refractivity contribution >= 4 is 34.1 Å². The van der Waals surface area contributed by atoms with E-state index in [2.05, 4.69) is 10.4 Å². The molecule has 134 valence electrons. The van der Waals surface area contributed by atoms with Gasteiger partial charge in [-0.2, -0.15) is 5.10 Å². The first-order valence-electron chi connectivity index (χ1n) is 8.39. The van der Waals surface area contributed by atoms with Gasteiger partial charge in [0.05, 0.1) is 11.3 Å². The van der Waals surface area contributed by atoms with Crippen molar-refractivity contribution in [3.05, 3.63) is 64.4 Å². The molecule has 0 saturated carbocycles. The predicted molar refractivity (Wildman–Crippen MR) is 103 cm³/mol. The van der Waals surface area contributed by atoms with Crippen LogP contribution in [0.15, 0.2) is 42.5 Å². The van der Waals surface area contributed by atoms with Crippen LogP contribution in [0.5, 0.6) is 0 Å². The molecule has 1 amide bonds. The zero-order valence-electron chi connectivity index (χ0n) is 14.9. The van der Waals surface area contributed by atoms with Crippen LogP contribution in [-0.4, -0.2) is 28.0 Å². The molecule has 1 N–H and O–H groups in total. The van der Waals surface area contributed by atoms with Crippen LogP contribution in [0.2, 0.25) is 5.15 Å². The molecule has 1 aromatic heterocycles. The lowest BCUT2D eigenvalue weighted by Gasteiger charge is -2.13. The largest absolute Gasteiger partial charge is 0.351 e. The van der Waals surface area contributed by atoms with Crippen molar-refractivity contribution in [2.24, 2.45) is 13.0 Å². The summed E-state index contributed by atoms with van der Waals surface area (Å²) in [6.07, 6.45) is 0. The summed E-state index contributed by atoms with van der Waals surface area (Å²) in [6, 6.07) is 13.5. The molecule has 0 saturated heterocycles. The molecule has 26 heavy (non-hydrogen) atoms. The zero-order chi connectivity index (χ0) is 18.8. The summed E-state index contributed by atoms with van der Waals surface area (Å²) in [5.74, 6) is -0.685. The summed E-state index contributed by atoms with van der Waals surface area (Å²) < 4.78 is 1.45. The lowest BCUT2D eigenvalue weighted by atomic mass is 9.94. The van der Waals surface area contributed by atoms with E-state index in [0.29, 0.717) is 16.8 Å². The minimum Gasteiger partial charge on any atom is -0.351 e. The number of hydrogen-bond donors (Lipinski definition) is 1. The number of amides is 1. The van der Waals surface area contributed by atoms with Crippen LogP contribution in [0.25, 0.3) is 10.8 Å². The van der Waals surface area contributed by atoms with Gasteiger partial charge in [-0.3, -0.25) is 14.3 Å². The molecule has 0 aliphatic heterocycles. The molecule has 3 aromatic rings. The number of carbonyl (C=O) groups excluding carboxylic acids is 2. The number of carbonyl (C=O) groups is 2. The quantitative estimate of drug-likeness (QED) is 0.696. The van der Waals surface area contributed by atoms with E-state index in [1.807, 2.05) is 49.4 Å². The van der Waals surface area contributed by atoms with Gasteiger partial charge < -0.3 is 5.32 Å². The van der Waals surface area contributed by atoms with Gasteiger partial charge in [-0.05, 0) is 17.7 Å². The summed E-state index contributed by atoms with van der Waals surface area (Å²) in [5, 5.41) is 9.15. The topological polar surface area (TPSA) is 64.0 Å². The molecule has 1 unspecified atom stereocenters. The Morgan fingerprint density at radius 1 is 1.19 bits per heavy atom. The second kappa shape index (κ2) is 7.30. The highest BCUT2D eigenvalue weighted by Gasteiger charge is 2.22. The van der Waals surface area contributed by atoms with E-state index in [-0.39, 0.29) is 29.3 Å². The predicted octanol–water partition coefficient (Wildman–Crippen LogP) is 3.78. The number of ketones is 1. The highest BCUT2D eigenvalue weighted by Crippen LogP contribution is 2.22. The van der Waals surface area contributed by atoms with Gasteiger partial charge in [-0.15, -0.1) is 0 Å². The van der Waals surface area contributed by atoms with Gasteiger partial charge in [0.2, 0.25) is 0 Å². The van der Waals surface area contributed by atoms with Crippen LogP contribution in [-0.2, 0) is 7.05 Å². The molecule has 3 rings (SSSR count). The van der Waals surface area contributed by atoms with E-state index in [9.17, 15) is 9.59 Å². The van der Waals surface area contributed by atoms with Crippen molar-refractivity contribution in [1.29, 1.82) is 0 Å². The minimum atomic E-state index is -0.361. The number of halogens is 1. The fourth-order valence-electron chi connectivity index (χ4n) is 3.02. The molecule has 0 bridgehead atoms. The van der Waals surface area contributed by atoms with Gasteiger partial charge in [0.1, 0.15) is 5.15 Å². The Balaban J connectivity index is 1.74. The summed E-state index contributed by atoms with van der Waals surface area (Å²) in [6.45, 7) is 3.76. The zero-order valence-corrected chi connectivity index (χ0v) is 15.7. The summed E-state index contributed by atoms with van der Waals surface area (Å²) in [4.78, 5) is 25.3. The van der Waals surface area contributed by atoms with Crippen LogP contribution < -0.4 is 5.32 Å². The minimum absolute atomic E-state index is 0.00361. The van der Waals surface area contributed by atoms with E-state index < -0.39 is 0 Å². The first kappa shape index (κ1) is 18.1. The number of rotatable bonds is 5. The molecule has 0 fully saturated rings. The van der Waals surface area contributed by atoms with E-state index in [0.717, 1.165) is 10.8 Å². The Kier molecular flexibility index (Phi) is 5.09. The molecule has 5 nitrogen and oxygen atoms in total. The number of aromatic nitrogens is 2. The Morgan fingerprint density at radius 3 is 2.58 bits per heavy atom. The number of Topliss-reactive ketones (excluding diaryl/α,β-unsaturated/α-hetero) is 1. The van der Waals surface area contributed by atoms with Crippen molar-refractivity contribution in [2.45, 2.75) is 13.8 Å². The maximum Gasteiger partial charge on any atom is 0.256 e. The van der Waals surface area contributed by atoms with Crippen molar-refractivity contribution in [3.63, 3.8) is 0 Å². The Bertz CT molecular complexity index is 989. The lowest BCUT2D eigenvalue weighted by molar-refractivity contribution is 0.0903. The van der Waals surface area contributed by atoms with E-state index in [1.54, 1.807) is 14.0 Å². The molecule has 2 aromatic carbocycles. The summed E-state index contributed by atoms with van der Waals surface area (Å²) in [7, 11) is 1.68. The molecule has 1 heterocycles. The van der Waals surface area contributed by atoms with Gasteiger partial charge in [0.15, 0.2) is 5.78 Å². The van der Waals surface area contributed by atoms with E-state index in [4.69, 9.17) is 11.6 Å². The number of nitrogens with zero attached hydrogens (tertiary/aromatic N) is 2. The Morgan fingerprint density at radius 2 is 1.88 bits per heavy atom. The normalized spacial score (nSPS) is 12.2. The standard InChI is InChI=1S/C20H20ClN3O2/c1-12(11-22-20(26)17-13(2)23-24(3)19(17)21)18(25)16-10-6-8-14-7-4-5-9-15(14)16/h4-10,12H,11H2,1-3H3,(H,22,26). The van der Waals surface area contributed by atoms with Crippen LogP contribution in [0.4, 0.5) is 0 Å². The van der Waals surface area contributed by atoms with Crippen molar-refractivity contribution in [3.8, 4) is 0 Å². The van der Waals surface area contributed by atoms with Gasteiger partial charge in [0, 0.05) is 25.1 Å². The second-order valence-electron chi connectivity index (χ2n) is 6.38. The third-order valence-corrected chi connectivity index (χ3v) is 4.88. The number of hydrogen-bond acceptors (Lipinski definition) is 3. The van der Waals surface area contributed by atoms with Gasteiger partial charge >= 0.3 is 0 Å². The smallest absolute Gasteiger partial charge is 0.256 e. The maximum absolute atomic E-state index is 12.9.